The summed E-state index contributed by atoms with van der Waals surface area (Å²) in [6.07, 6.45) is 3.94. The molecule has 0 radical (unpaired) electrons. The molecule has 1 heterocycles. The Bertz CT molecular complexity index is 795. The van der Waals surface area contributed by atoms with Gasteiger partial charge < -0.3 is 0 Å². The summed E-state index contributed by atoms with van der Waals surface area (Å²) in [6.45, 7) is 6.25. The van der Waals surface area contributed by atoms with Crippen molar-refractivity contribution in [3.05, 3.63) is 77.4 Å². The fourth-order valence-corrected chi connectivity index (χ4v) is 2.51. The molecule has 0 bridgehead atoms. The molecule has 1 aromatic heterocycles. The highest BCUT2D eigenvalue weighted by atomic mass is 15.3. The van der Waals surface area contributed by atoms with Crippen molar-refractivity contribution in [3.8, 4) is 0 Å². The van der Waals surface area contributed by atoms with E-state index >= 15 is 0 Å². The van der Waals surface area contributed by atoms with Crippen molar-refractivity contribution in [2.45, 2.75) is 27.2 Å². The normalized spacial score (nSPS) is 11.7. The number of rotatable bonds is 3. The third-order valence-electron chi connectivity index (χ3n) is 3.85. The van der Waals surface area contributed by atoms with Crippen molar-refractivity contribution < 1.29 is 0 Å². The number of para-hydroxylation sites is 1. The predicted octanol–water partition coefficient (Wildman–Crippen LogP) is 4.02. The highest BCUT2D eigenvalue weighted by molar-refractivity contribution is 5.88. The van der Waals surface area contributed by atoms with E-state index in [9.17, 15) is 0 Å². The molecule has 3 aromatic rings. The van der Waals surface area contributed by atoms with Crippen LogP contribution in [0.2, 0.25) is 0 Å². The Hall–Kier alpha value is -2.75. The van der Waals surface area contributed by atoms with Crippen LogP contribution in [0.4, 0.5) is 5.69 Å². The van der Waals surface area contributed by atoms with E-state index in [-0.39, 0.29) is 0 Å². The molecule has 4 heteroatoms. The minimum Gasteiger partial charge on any atom is -0.233 e. The van der Waals surface area contributed by atoms with E-state index in [0.29, 0.717) is 6.42 Å². The molecule has 0 unspecified atom stereocenters. The average molecular weight is 304 g/mol. The van der Waals surface area contributed by atoms with Gasteiger partial charge in [0.1, 0.15) is 18.5 Å². The number of hydrogen-bond acceptors (Lipinski definition) is 3. The van der Waals surface area contributed by atoms with Crippen LogP contribution >= 0.6 is 0 Å². The van der Waals surface area contributed by atoms with Gasteiger partial charge in [0.15, 0.2) is 0 Å². The molecular weight excluding hydrogens is 284 g/mol. The molecule has 4 nitrogen and oxygen atoms in total. The third kappa shape index (κ3) is 3.54. The number of aryl methyl sites for hydroxylation is 3. The van der Waals surface area contributed by atoms with Crippen LogP contribution < -0.4 is 0 Å². The topological polar surface area (TPSA) is 43.1 Å². The van der Waals surface area contributed by atoms with Gasteiger partial charge in [-0.1, -0.05) is 48.0 Å². The molecule has 0 atom stereocenters. The van der Waals surface area contributed by atoms with Gasteiger partial charge in [-0.05, 0) is 37.5 Å². The number of benzene rings is 2. The number of aliphatic imine (C=N–C) groups is 1. The van der Waals surface area contributed by atoms with Gasteiger partial charge in [0, 0.05) is 6.42 Å². The molecule has 0 saturated heterocycles. The summed E-state index contributed by atoms with van der Waals surface area (Å²) in [4.78, 5) is 8.95. The number of hydrogen-bond donors (Lipinski definition) is 0. The van der Waals surface area contributed by atoms with Crippen molar-refractivity contribution in [2.24, 2.45) is 4.99 Å². The minimum atomic E-state index is 0.706. The first-order chi connectivity index (χ1) is 11.1. The summed E-state index contributed by atoms with van der Waals surface area (Å²) in [6, 6.07) is 14.7. The molecule has 0 aliphatic heterocycles. The quantitative estimate of drug-likeness (QED) is 0.542. The summed E-state index contributed by atoms with van der Waals surface area (Å²) in [5.74, 6) is 0.865. The summed E-state index contributed by atoms with van der Waals surface area (Å²) in [5, 5.41) is 4.26. The van der Waals surface area contributed by atoms with E-state index in [4.69, 9.17) is 4.99 Å². The van der Waals surface area contributed by atoms with Crippen LogP contribution in [0.15, 0.2) is 60.1 Å². The lowest BCUT2D eigenvalue weighted by Crippen LogP contribution is -2.15. The van der Waals surface area contributed by atoms with Gasteiger partial charge >= 0.3 is 0 Å². The number of nitrogens with zero attached hydrogens (tertiary/aromatic N) is 4. The Kier molecular flexibility index (Phi) is 4.33. The lowest BCUT2D eigenvalue weighted by atomic mass is 10.1. The molecule has 2 aromatic carbocycles. The Balaban J connectivity index is 2.02. The molecular formula is C19H20N4. The fourth-order valence-electron chi connectivity index (χ4n) is 2.51. The second kappa shape index (κ2) is 6.57. The van der Waals surface area contributed by atoms with Crippen molar-refractivity contribution in [3.63, 3.8) is 0 Å². The first-order valence-electron chi connectivity index (χ1n) is 7.68. The Morgan fingerprint density at radius 2 is 1.70 bits per heavy atom. The van der Waals surface area contributed by atoms with Gasteiger partial charge in [-0.25, -0.2) is 14.7 Å². The maximum Gasteiger partial charge on any atom is 0.138 e. The van der Waals surface area contributed by atoms with Gasteiger partial charge in [0.2, 0.25) is 0 Å². The van der Waals surface area contributed by atoms with Crippen LogP contribution in [0, 0.1) is 20.8 Å². The fraction of sp³-hybridized carbons (Fsp3) is 0.211. The monoisotopic (exact) mass is 304 g/mol. The molecule has 0 aliphatic rings. The second-order valence-corrected chi connectivity index (χ2v) is 5.77. The SMILES string of the molecule is Cc1ccc(CC(=Nc2c(C)cccc2C)n2cncn2)cc1. The van der Waals surface area contributed by atoms with Crippen LogP contribution in [0.1, 0.15) is 22.3 Å². The molecule has 0 N–H and O–H groups in total. The number of aromatic nitrogens is 3. The summed E-state index contributed by atoms with van der Waals surface area (Å²) in [5.41, 5.74) is 5.78. The van der Waals surface area contributed by atoms with Gasteiger partial charge in [-0.15, -0.1) is 0 Å². The molecule has 0 saturated carbocycles. The van der Waals surface area contributed by atoms with Crippen LogP contribution in [0.3, 0.4) is 0 Å². The lowest BCUT2D eigenvalue weighted by Gasteiger charge is -2.10. The van der Waals surface area contributed by atoms with E-state index in [1.807, 2.05) is 0 Å². The third-order valence-corrected chi connectivity index (χ3v) is 3.85. The minimum absolute atomic E-state index is 0.706. The van der Waals surface area contributed by atoms with E-state index in [1.54, 1.807) is 11.0 Å². The van der Waals surface area contributed by atoms with Crippen molar-refractivity contribution >= 4 is 11.5 Å². The standard InChI is InChI=1S/C19H20N4/c1-14-7-9-17(10-8-14)11-18(23-13-20-12-21-23)22-19-15(2)5-4-6-16(19)3/h4-10,12-13H,11H2,1-3H3. The maximum atomic E-state index is 4.89. The first kappa shape index (κ1) is 15.2. The molecule has 3 rings (SSSR count). The van der Waals surface area contributed by atoms with Crippen LogP contribution in [0.5, 0.6) is 0 Å². The predicted molar refractivity (Wildman–Crippen MR) is 93.3 cm³/mol. The van der Waals surface area contributed by atoms with Gasteiger partial charge in [0.05, 0.1) is 5.69 Å². The van der Waals surface area contributed by atoms with Gasteiger partial charge in [-0.3, -0.25) is 0 Å². The van der Waals surface area contributed by atoms with Crippen molar-refractivity contribution in [1.82, 2.24) is 14.8 Å². The van der Waals surface area contributed by atoms with E-state index in [1.165, 1.54) is 17.5 Å². The molecule has 116 valence electrons. The van der Waals surface area contributed by atoms with E-state index < -0.39 is 0 Å². The molecule has 0 aliphatic carbocycles. The van der Waals surface area contributed by atoms with Crippen LogP contribution in [0.25, 0.3) is 0 Å². The molecule has 23 heavy (non-hydrogen) atoms. The first-order valence-corrected chi connectivity index (χ1v) is 7.68. The Morgan fingerprint density at radius 3 is 2.30 bits per heavy atom. The van der Waals surface area contributed by atoms with Gasteiger partial charge in [-0.2, -0.15) is 5.10 Å². The lowest BCUT2D eigenvalue weighted by molar-refractivity contribution is 0.906. The second-order valence-electron chi connectivity index (χ2n) is 5.77. The molecule has 0 fully saturated rings. The average Bonchev–Trinajstić information content (AvgIpc) is 3.06. The summed E-state index contributed by atoms with van der Waals surface area (Å²) >= 11 is 0. The largest absolute Gasteiger partial charge is 0.233 e. The molecule has 0 spiro atoms. The summed E-state index contributed by atoms with van der Waals surface area (Å²) in [7, 11) is 0. The van der Waals surface area contributed by atoms with Crippen LogP contribution in [-0.4, -0.2) is 20.6 Å². The maximum absolute atomic E-state index is 4.89. The smallest absolute Gasteiger partial charge is 0.138 e. The van der Waals surface area contributed by atoms with Gasteiger partial charge in [0.25, 0.3) is 0 Å². The zero-order valence-electron chi connectivity index (χ0n) is 13.7. The van der Waals surface area contributed by atoms with Crippen LogP contribution in [-0.2, 0) is 6.42 Å². The van der Waals surface area contributed by atoms with E-state index in [0.717, 1.165) is 22.6 Å². The zero-order valence-corrected chi connectivity index (χ0v) is 13.7. The Morgan fingerprint density at radius 1 is 1.00 bits per heavy atom. The Labute approximate surface area is 136 Å². The zero-order chi connectivity index (χ0) is 16.2. The van der Waals surface area contributed by atoms with Crippen molar-refractivity contribution in [2.75, 3.05) is 0 Å². The molecule has 0 amide bonds. The highest BCUT2D eigenvalue weighted by Gasteiger charge is 2.08. The van der Waals surface area contributed by atoms with Crippen molar-refractivity contribution in [1.29, 1.82) is 0 Å². The summed E-state index contributed by atoms with van der Waals surface area (Å²) < 4.78 is 1.74. The highest BCUT2D eigenvalue weighted by Crippen LogP contribution is 2.23. The van der Waals surface area contributed by atoms with E-state index in [2.05, 4.69) is 73.3 Å².